The number of aryl methyl sites for hydroxylation is 2. The van der Waals surface area contributed by atoms with E-state index in [2.05, 4.69) is 0 Å². The van der Waals surface area contributed by atoms with Crippen LogP contribution in [0.25, 0.3) is 0 Å². The largest absolute Gasteiger partial charge is 0.490 e. The molecule has 0 aliphatic carbocycles. The number of benzene rings is 2. The summed E-state index contributed by atoms with van der Waals surface area (Å²) >= 11 is 5.97. The van der Waals surface area contributed by atoms with Gasteiger partial charge >= 0.3 is 5.97 Å². The smallest absolute Gasteiger partial charge is 0.303 e. The van der Waals surface area contributed by atoms with Crippen LogP contribution in [-0.2, 0) is 11.2 Å². The summed E-state index contributed by atoms with van der Waals surface area (Å²) in [4.78, 5) is 10.6. The van der Waals surface area contributed by atoms with Crippen LogP contribution in [0.1, 0.15) is 17.5 Å². The molecule has 0 unspecified atom stereocenters. The van der Waals surface area contributed by atoms with Gasteiger partial charge in [0.1, 0.15) is 24.7 Å². The Labute approximate surface area is 140 Å². The number of carboxylic acids is 1. The van der Waals surface area contributed by atoms with Gasteiger partial charge in [-0.05, 0) is 54.8 Å². The summed E-state index contributed by atoms with van der Waals surface area (Å²) in [6.07, 6.45) is 0.607. The maximum atomic E-state index is 10.6. The van der Waals surface area contributed by atoms with E-state index >= 15 is 0 Å². The monoisotopic (exact) mass is 334 g/mol. The molecule has 122 valence electrons. The van der Waals surface area contributed by atoms with Gasteiger partial charge in [0.2, 0.25) is 0 Å². The third kappa shape index (κ3) is 5.83. The van der Waals surface area contributed by atoms with Gasteiger partial charge in [-0.2, -0.15) is 0 Å². The van der Waals surface area contributed by atoms with E-state index in [9.17, 15) is 4.79 Å². The minimum Gasteiger partial charge on any atom is -0.490 e. The van der Waals surface area contributed by atoms with E-state index in [4.69, 9.17) is 26.2 Å². The van der Waals surface area contributed by atoms with Gasteiger partial charge in [0.15, 0.2) is 0 Å². The summed E-state index contributed by atoms with van der Waals surface area (Å²) in [7, 11) is 0. The highest BCUT2D eigenvalue weighted by Gasteiger charge is 2.02. The van der Waals surface area contributed by atoms with Crippen molar-refractivity contribution in [2.24, 2.45) is 0 Å². The second-order valence-corrected chi connectivity index (χ2v) is 5.56. The third-order valence-corrected chi connectivity index (χ3v) is 3.70. The Hall–Kier alpha value is -2.20. The maximum absolute atomic E-state index is 10.6. The van der Waals surface area contributed by atoms with Crippen LogP contribution in [0, 0.1) is 6.92 Å². The van der Waals surface area contributed by atoms with E-state index in [-0.39, 0.29) is 6.42 Å². The zero-order chi connectivity index (χ0) is 16.7. The molecular formula is C18H19ClO4. The van der Waals surface area contributed by atoms with E-state index < -0.39 is 5.97 Å². The Bertz CT molecular complexity index is 670. The summed E-state index contributed by atoms with van der Waals surface area (Å²) < 4.78 is 11.2. The van der Waals surface area contributed by atoms with Crippen LogP contribution in [0.5, 0.6) is 11.5 Å². The van der Waals surface area contributed by atoms with Gasteiger partial charge in [0.05, 0.1) is 0 Å². The van der Waals surface area contributed by atoms with Crippen LogP contribution >= 0.6 is 11.6 Å². The zero-order valence-corrected chi connectivity index (χ0v) is 13.7. The standard InChI is InChI=1S/C18H19ClO4/c1-13-11-16(6-7-17(13)19)23-10-9-22-15-4-2-3-14(12-15)5-8-18(20)21/h2-4,6-7,11-12H,5,8-10H2,1H3,(H,20,21). The van der Waals surface area contributed by atoms with Gasteiger partial charge in [-0.1, -0.05) is 23.7 Å². The predicted octanol–water partition coefficient (Wildman–Crippen LogP) is 4.12. The lowest BCUT2D eigenvalue weighted by molar-refractivity contribution is -0.136. The molecule has 0 bridgehead atoms. The Kier molecular flexibility index (Phi) is 6.29. The molecule has 0 aliphatic heterocycles. The summed E-state index contributed by atoms with van der Waals surface area (Å²) in [6, 6.07) is 13.0. The molecule has 0 heterocycles. The number of hydrogen-bond donors (Lipinski definition) is 1. The van der Waals surface area contributed by atoms with E-state index in [0.29, 0.717) is 30.4 Å². The first-order chi connectivity index (χ1) is 11.0. The number of aliphatic carboxylic acids is 1. The molecule has 0 saturated carbocycles. The number of carbonyl (C=O) groups is 1. The van der Waals surface area contributed by atoms with Crippen molar-refractivity contribution in [2.75, 3.05) is 13.2 Å². The second-order valence-electron chi connectivity index (χ2n) is 5.15. The first kappa shape index (κ1) is 17.2. The van der Waals surface area contributed by atoms with E-state index in [1.54, 1.807) is 6.07 Å². The van der Waals surface area contributed by atoms with E-state index in [1.807, 2.05) is 43.3 Å². The first-order valence-electron chi connectivity index (χ1n) is 7.37. The molecule has 0 spiro atoms. The van der Waals surface area contributed by atoms with Crippen LogP contribution in [0.3, 0.4) is 0 Å². The molecule has 23 heavy (non-hydrogen) atoms. The van der Waals surface area contributed by atoms with Gasteiger partial charge in [0, 0.05) is 11.4 Å². The lowest BCUT2D eigenvalue weighted by Crippen LogP contribution is -2.09. The molecule has 0 atom stereocenters. The fourth-order valence-corrected chi connectivity index (χ4v) is 2.19. The molecule has 1 N–H and O–H groups in total. The zero-order valence-electron chi connectivity index (χ0n) is 12.9. The van der Waals surface area contributed by atoms with Crippen molar-refractivity contribution < 1.29 is 19.4 Å². The molecule has 0 fully saturated rings. The molecule has 0 aromatic heterocycles. The van der Waals surface area contributed by atoms with Crippen molar-refractivity contribution in [3.63, 3.8) is 0 Å². The lowest BCUT2D eigenvalue weighted by Gasteiger charge is -2.10. The molecule has 0 radical (unpaired) electrons. The number of rotatable bonds is 8. The van der Waals surface area contributed by atoms with Gasteiger partial charge < -0.3 is 14.6 Å². The normalized spacial score (nSPS) is 10.3. The van der Waals surface area contributed by atoms with Crippen molar-refractivity contribution >= 4 is 17.6 Å². The van der Waals surface area contributed by atoms with E-state index in [1.165, 1.54) is 0 Å². The van der Waals surface area contributed by atoms with Gasteiger partial charge in [-0.3, -0.25) is 4.79 Å². The number of carboxylic acid groups (broad SMARTS) is 1. The Morgan fingerprint density at radius 2 is 1.78 bits per heavy atom. The van der Waals surface area contributed by atoms with E-state index in [0.717, 1.165) is 16.9 Å². The third-order valence-electron chi connectivity index (χ3n) is 3.28. The SMILES string of the molecule is Cc1cc(OCCOc2cccc(CCC(=O)O)c2)ccc1Cl. The molecule has 5 heteroatoms. The highest BCUT2D eigenvalue weighted by molar-refractivity contribution is 6.31. The summed E-state index contributed by atoms with van der Waals surface area (Å²) in [5, 5.41) is 9.42. The molecule has 2 rings (SSSR count). The van der Waals surface area contributed by atoms with Crippen molar-refractivity contribution in [1.82, 2.24) is 0 Å². The van der Waals surface area contributed by atoms with Crippen molar-refractivity contribution in [3.8, 4) is 11.5 Å². The number of hydrogen-bond acceptors (Lipinski definition) is 3. The summed E-state index contributed by atoms with van der Waals surface area (Å²) in [6.45, 7) is 2.75. The Morgan fingerprint density at radius 1 is 1.09 bits per heavy atom. The minimum atomic E-state index is -0.803. The highest BCUT2D eigenvalue weighted by Crippen LogP contribution is 2.21. The summed E-state index contributed by atoms with van der Waals surface area (Å²) in [5.74, 6) is 0.664. The lowest BCUT2D eigenvalue weighted by atomic mass is 10.1. The van der Waals surface area contributed by atoms with Crippen LogP contribution in [0.15, 0.2) is 42.5 Å². The van der Waals surface area contributed by atoms with Crippen LogP contribution < -0.4 is 9.47 Å². The molecule has 0 aliphatic rings. The highest BCUT2D eigenvalue weighted by atomic mass is 35.5. The van der Waals surface area contributed by atoms with Crippen molar-refractivity contribution in [2.45, 2.75) is 19.8 Å². The molecule has 0 saturated heterocycles. The fraction of sp³-hybridized carbons (Fsp3) is 0.278. The van der Waals surface area contributed by atoms with Crippen LogP contribution in [-0.4, -0.2) is 24.3 Å². The first-order valence-corrected chi connectivity index (χ1v) is 7.75. The van der Waals surface area contributed by atoms with Crippen molar-refractivity contribution in [3.05, 3.63) is 58.6 Å². The molecular weight excluding hydrogens is 316 g/mol. The summed E-state index contributed by atoms with van der Waals surface area (Å²) in [5.41, 5.74) is 1.91. The topological polar surface area (TPSA) is 55.8 Å². The average Bonchev–Trinajstić information content (AvgIpc) is 2.53. The molecule has 0 amide bonds. The Balaban J connectivity index is 1.78. The van der Waals surface area contributed by atoms with Gasteiger partial charge in [-0.25, -0.2) is 0 Å². The molecule has 4 nitrogen and oxygen atoms in total. The molecule has 2 aromatic carbocycles. The molecule has 2 aromatic rings. The number of ether oxygens (including phenoxy) is 2. The maximum Gasteiger partial charge on any atom is 0.303 e. The van der Waals surface area contributed by atoms with Crippen LogP contribution in [0.2, 0.25) is 5.02 Å². The second kappa shape index (κ2) is 8.44. The van der Waals surface area contributed by atoms with Gasteiger partial charge in [-0.15, -0.1) is 0 Å². The number of halogens is 1. The van der Waals surface area contributed by atoms with Gasteiger partial charge in [0.25, 0.3) is 0 Å². The quantitative estimate of drug-likeness (QED) is 0.738. The van der Waals surface area contributed by atoms with Crippen molar-refractivity contribution in [1.29, 1.82) is 0 Å². The minimum absolute atomic E-state index is 0.114. The van der Waals surface area contributed by atoms with Crippen LogP contribution in [0.4, 0.5) is 0 Å². The predicted molar refractivity (Wildman–Crippen MR) is 89.6 cm³/mol. The average molecular weight is 335 g/mol. The fourth-order valence-electron chi connectivity index (χ4n) is 2.07. The Morgan fingerprint density at radius 3 is 2.43 bits per heavy atom.